The lowest BCUT2D eigenvalue weighted by molar-refractivity contribution is -0.195. The van der Waals surface area contributed by atoms with Crippen LogP contribution >= 0.6 is 0 Å². The molecule has 4 heteroatoms. The maximum absolute atomic E-state index is 12.2. The fraction of sp³-hybridized carbons (Fsp3) is 0.909. The second-order valence-corrected chi connectivity index (χ2v) is 10.1. The smallest absolute Gasteiger partial charge is 0.302 e. The van der Waals surface area contributed by atoms with Crippen LogP contribution < -0.4 is 0 Å². The summed E-state index contributed by atoms with van der Waals surface area (Å²) in [6.07, 6.45) is 8.29. The number of Topliss-reactive ketones (excluding diaryl/α,β-unsaturated/α-hetero) is 1. The Morgan fingerprint density at radius 2 is 1.81 bits per heavy atom. The largest absolute Gasteiger partial charge is 0.460 e. The van der Waals surface area contributed by atoms with E-state index in [-0.39, 0.29) is 29.0 Å². The molecule has 0 saturated heterocycles. The van der Waals surface area contributed by atoms with Crippen molar-refractivity contribution < 1.29 is 19.1 Å². The van der Waals surface area contributed by atoms with E-state index in [2.05, 4.69) is 13.8 Å². The van der Waals surface area contributed by atoms with E-state index in [0.717, 1.165) is 32.1 Å². The molecule has 4 nitrogen and oxygen atoms in total. The third-order valence-electron chi connectivity index (χ3n) is 8.83. The Kier molecular flexibility index (Phi) is 4.49. The normalized spacial score (nSPS) is 50.5. The summed E-state index contributed by atoms with van der Waals surface area (Å²) in [5.74, 6) is 2.68. The number of esters is 1. The van der Waals surface area contributed by atoms with Crippen LogP contribution in [-0.4, -0.2) is 31.1 Å². The molecule has 0 aromatic carbocycles. The summed E-state index contributed by atoms with van der Waals surface area (Å²) in [5, 5.41) is 0. The number of carbonyl (C=O) groups excluding carboxylic acids is 2. The Balaban J connectivity index is 1.60. The molecule has 4 aliphatic rings. The highest BCUT2D eigenvalue weighted by Crippen LogP contribution is 2.66. The van der Waals surface area contributed by atoms with E-state index in [1.807, 2.05) is 0 Å². The zero-order chi connectivity index (χ0) is 18.7. The van der Waals surface area contributed by atoms with Gasteiger partial charge in [-0.1, -0.05) is 13.8 Å². The molecule has 0 heterocycles. The van der Waals surface area contributed by atoms with Gasteiger partial charge in [0.15, 0.2) is 0 Å². The first kappa shape index (κ1) is 18.5. The molecule has 146 valence electrons. The predicted octanol–water partition coefficient (Wildman–Crippen LogP) is 4.15. The van der Waals surface area contributed by atoms with Gasteiger partial charge >= 0.3 is 5.97 Å². The van der Waals surface area contributed by atoms with E-state index in [1.165, 1.54) is 26.2 Å². The van der Waals surface area contributed by atoms with Gasteiger partial charge in [-0.2, -0.15) is 0 Å². The molecule has 4 rings (SSSR count). The van der Waals surface area contributed by atoms with Gasteiger partial charge in [-0.05, 0) is 73.0 Å². The van der Waals surface area contributed by atoms with Gasteiger partial charge in [-0.3, -0.25) is 9.59 Å². The minimum absolute atomic E-state index is 0.0112. The fourth-order valence-electron chi connectivity index (χ4n) is 7.71. The van der Waals surface area contributed by atoms with Crippen molar-refractivity contribution in [2.24, 2.45) is 34.5 Å². The summed E-state index contributed by atoms with van der Waals surface area (Å²) < 4.78 is 11.5. The zero-order valence-corrected chi connectivity index (χ0v) is 16.8. The Bertz CT molecular complexity index is 601. The van der Waals surface area contributed by atoms with E-state index in [1.54, 1.807) is 7.11 Å². The van der Waals surface area contributed by atoms with Crippen LogP contribution in [0.4, 0.5) is 0 Å². The maximum atomic E-state index is 12.2. The second kappa shape index (κ2) is 6.32. The summed E-state index contributed by atoms with van der Waals surface area (Å²) in [5.41, 5.74) is 0.490. The molecule has 0 radical (unpaired) electrons. The Labute approximate surface area is 157 Å². The quantitative estimate of drug-likeness (QED) is 0.692. The van der Waals surface area contributed by atoms with Gasteiger partial charge in [-0.15, -0.1) is 0 Å². The van der Waals surface area contributed by atoms with Crippen molar-refractivity contribution in [3.63, 3.8) is 0 Å². The topological polar surface area (TPSA) is 52.6 Å². The Morgan fingerprint density at radius 1 is 1.04 bits per heavy atom. The third kappa shape index (κ3) is 2.66. The Morgan fingerprint density at radius 3 is 2.50 bits per heavy atom. The van der Waals surface area contributed by atoms with Gasteiger partial charge in [0.05, 0.1) is 6.10 Å². The summed E-state index contributed by atoms with van der Waals surface area (Å²) >= 11 is 0. The number of rotatable bonds is 2. The number of ketones is 1. The van der Waals surface area contributed by atoms with Crippen molar-refractivity contribution in [2.75, 3.05) is 7.11 Å². The summed E-state index contributed by atoms with van der Waals surface area (Å²) in [4.78, 5) is 23.8. The van der Waals surface area contributed by atoms with Crippen LogP contribution in [0.5, 0.6) is 0 Å². The summed E-state index contributed by atoms with van der Waals surface area (Å²) in [6.45, 7) is 6.32. The van der Waals surface area contributed by atoms with Crippen LogP contribution in [-0.2, 0) is 19.1 Å². The van der Waals surface area contributed by atoms with Crippen molar-refractivity contribution in [2.45, 2.75) is 84.3 Å². The van der Waals surface area contributed by atoms with Crippen molar-refractivity contribution in [3.8, 4) is 0 Å². The van der Waals surface area contributed by atoms with E-state index in [0.29, 0.717) is 29.5 Å². The molecule has 8 atom stereocenters. The second-order valence-electron chi connectivity index (χ2n) is 10.1. The fourth-order valence-corrected chi connectivity index (χ4v) is 7.71. The molecular weight excluding hydrogens is 328 g/mol. The number of methoxy groups -OCH3 is 1. The highest BCUT2D eigenvalue weighted by molar-refractivity contribution is 5.82. The molecule has 4 fully saturated rings. The molecule has 0 aromatic heterocycles. The predicted molar refractivity (Wildman–Crippen MR) is 98.5 cm³/mol. The minimum atomic E-state index is -0.202. The molecule has 0 amide bonds. The number of fused-ring (bicyclic) bond motifs is 5. The van der Waals surface area contributed by atoms with E-state index >= 15 is 0 Å². The van der Waals surface area contributed by atoms with Crippen LogP contribution in [0, 0.1) is 34.5 Å². The van der Waals surface area contributed by atoms with Crippen LogP contribution in [0.1, 0.15) is 72.1 Å². The van der Waals surface area contributed by atoms with Crippen LogP contribution in [0.2, 0.25) is 0 Å². The van der Waals surface area contributed by atoms with E-state index in [9.17, 15) is 9.59 Å². The monoisotopic (exact) mass is 362 g/mol. The van der Waals surface area contributed by atoms with Crippen molar-refractivity contribution in [1.29, 1.82) is 0 Å². The SMILES string of the molecule is CO[C@@H]1[C@@H](OC(C)=O)CC[C@@]2(C)[C@@H]3CC[C@]4(C)CC(=O)C[C@H]4[C@@H]3CC[C@H]12. The molecule has 26 heavy (non-hydrogen) atoms. The maximum Gasteiger partial charge on any atom is 0.302 e. The average Bonchev–Trinajstić information content (AvgIpc) is 2.88. The van der Waals surface area contributed by atoms with Crippen LogP contribution in [0.25, 0.3) is 0 Å². The standard InChI is InChI=1S/C22H34O4/c1-13(23)26-19-8-10-22(3)16-7-9-21(2)12-14(24)11-18(21)15(16)5-6-17(22)20(19)25-4/h15-20H,5-12H2,1-4H3/t15-,16-,17-,18+,19+,20+,21-,22+/m1/s1. The van der Waals surface area contributed by atoms with Crippen LogP contribution in [0.15, 0.2) is 0 Å². The molecule has 0 spiro atoms. The average molecular weight is 363 g/mol. The van der Waals surface area contributed by atoms with Gasteiger partial charge < -0.3 is 9.47 Å². The molecular formula is C22H34O4. The molecule has 0 aliphatic heterocycles. The van der Waals surface area contributed by atoms with Gasteiger partial charge in [-0.25, -0.2) is 0 Å². The number of hydrogen-bond donors (Lipinski definition) is 0. The zero-order valence-electron chi connectivity index (χ0n) is 16.8. The molecule has 0 unspecified atom stereocenters. The summed E-state index contributed by atoms with van der Waals surface area (Å²) in [6, 6.07) is 0. The van der Waals surface area contributed by atoms with Gasteiger partial charge in [0, 0.05) is 26.9 Å². The molecule has 0 bridgehead atoms. The molecule has 0 aromatic rings. The third-order valence-corrected chi connectivity index (χ3v) is 8.83. The highest BCUT2D eigenvalue weighted by atomic mass is 16.6. The van der Waals surface area contributed by atoms with Crippen molar-refractivity contribution in [1.82, 2.24) is 0 Å². The van der Waals surface area contributed by atoms with Crippen LogP contribution in [0.3, 0.4) is 0 Å². The summed E-state index contributed by atoms with van der Waals surface area (Å²) in [7, 11) is 1.77. The molecule has 4 aliphatic carbocycles. The minimum Gasteiger partial charge on any atom is -0.460 e. The highest BCUT2D eigenvalue weighted by Gasteiger charge is 2.61. The number of hydrogen-bond acceptors (Lipinski definition) is 4. The lowest BCUT2D eigenvalue weighted by atomic mass is 9.45. The first-order valence-electron chi connectivity index (χ1n) is 10.5. The van der Waals surface area contributed by atoms with Gasteiger partial charge in [0.25, 0.3) is 0 Å². The van der Waals surface area contributed by atoms with E-state index < -0.39 is 0 Å². The Hall–Kier alpha value is -0.900. The lowest BCUT2D eigenvalue weighted by Gasteiger charge is -2.61. The molecule has 4 saturated carbocycles. The first-order chi connectivity index (χ1) is 12.3. The lowest BCUT2D eigenvalue weighted by Crippen LogP contribution is -2.58. The van der Waals surface area contributed by atoms with Crippen molar-refractivity contribution >= 4 is 11.8 Å². The van der Waals surface area contributed by atoms with Gasteiger partial charge in [0.2, 0.25) is 0 Å². The first-order valence-corrected chi connectivity index (χ1v) is 10.5. The van der Waals surface area contributed by atoms with E-state index in [4.69, 9.17) is 9.47 Å². The van der Waals surface area contributed by atoms with Crippen molar-refractivity contribution in [3.05, 3.63) is 0 Å². The van der Waals surface area contributed by atoms with Gasteiger partial charge in [0.1, 0.15) is 11.9 Å². The number of ether oxygens (including phenoxy) is 2. The number of carbonyl (C=O) groups is 2. The molecule has 0 N–H and O–H groups in total.